The number of ether oxygens (including phenoxy) is 1. The van der Waals surface area contributed by atoms with E-state index in [4.69, 9.17) is 4.74 Å². The van der Waals surface area contributed by atoms with Gasteiger partial charge in [0.2, 0.25) is 5.91 Å². The Kier molecular flexibility index (Phi) is 5.94. The molecule has 1 saturated heterocycles. The van der Waals surface area contributed by atoms with E-state index in [1.165, 1.54) is 4.68 Å². The predicted octanol–water partition coefficient (Wildman–Crippen LogP) is 2.32. The lowest BCUT2D eigenvalue weighted by Crippen LogP contribution is -2.40. The van der Waals surface area contributed by atoms with Crippen molar-refractivity contribution in [2.45, 2.75) is 26.3 Å². The van der Waals surface area contributed by atoms with Gasteiger partial charge in [-0.15, -0.1) is 11.3 Å². The minimum absolute atomic E-state index is 0.181. The third-order valence-electron chi connectivity index (χ3n) is 5.40. The Labute approximate surface area is 173 Å². The molecule has 0 spiro atoms. The van der Waals surface area contributed by atoms with E-state index in [9.17, 15) is 9.59 Å². The summed E-state index contributed by atoms with van der Waals surface area (Å²) in [7, 11) is 0. The zero-order chi connectivity index (χ0) is 20.4. The average Bonchev–Trinajstić information content (AvgIpc) is 3.14. The van der Waals surface area contributed by atoms with Crippen LogP contribution >= 0.6 is 11.3 Å². The molecule has 1 aromatic carbocycles. The maximum absolute atomic E-state index is 13.1. The quantitative estimate of drug-likeness (QED) is 0.627. The van der Waals surface area contributed by atoms with Gasteiger partial charge in [0.15, 0.2) is 0 Å². The minimum Gasteiger partial charge on any atom is -0.379 e. The molecule has 7 nitrogen and oxygen atoms in total. The number of nitrogens with zero attached hydrogens (tertiary/aromatic N) is 3. The van der Waals surface area contributed by atoms with Crippen molar-refractivity contribution in [3.63, 3.8) is 0 Å². The monoisotopic (exact) mass is 414 g/mol. The van der Waals surface area contributed by atoms with Crippen molar-refractivity contribution in [2.24, 2.45) is 0 Å². The Bertz CT molecular complexity index is 1080. The number of nitrogens with one attached hydrogen (secondary N) is 1. The summed E-state index contributed by atoms with van der Waals surface area (Å²) in [6, 6.07) is 7.20. The lowest BCUT2D eigenvalue weighted by atomic mass is 10.2. The molecule has 3 aromatic rings. The zero-order valence-electron chi connectivity index (χ0n) is 16.8. The topological polar surface area (TPSA) is 76.5 Å². The van der Waals surface area contributed by atoms with Gasteiger partial charge in [-0.2, -0.15) is 5.10 Å². The number of aryl methyl sites for hydroxylation is 1. The first-order chi connectivity index (χ1) is 14.1. The van der Waals surface area contributed by atoms with E-state index in [2.05, 4.69) is 15.3 Å². The summed E-state index contributed by atoms with van der Waals surface area (Å²) in [6.45, 7) is 8.56. The molecule has 1 N–H and O–H groups in total. The fourth-order valence-electron chi connectivity index (χ4n) is 3.74. The number of hydrogen-bond acceptors (Lipinski definition) is 6. The first-order valence-electron chi connectivity index (χ1n) is 10.0. The zero-order valence-corrected chi connectivity index (χ0v) is 17.6. The highest BCUT2D eigenvalue weighted by Crippen LogP contribution is 2.32. The van der Waals surface area contributed by atoms with Gasteiger partial charge in [-0.1, -0.05) is 18.2 Å². The van der Waals surface area contributed by atoms with Gasteiger partial charge in [-0.3, -0.25) is 14.5 Å². The molecule has 4 rings (SSSR count). The van der Waals surface area contributed by atoms with Crippen LogP contribution in [0, 0.1) is 6.92 Å². The highest BCUT2D eigenvalue weighted by atomic mass is 32.1. The Balaban J connectivity index is 1.48. The first-order valence-corrected chi connectivity index (χ1v) is 10.9. The van der Waals surface area contributed by atoms with Crippen LogP contribution in [-0.2, 0) is 9.53 Å². The summed E-state index contributed by atoms with van der Waals surface area (Å²) in [5, 5.41) is 8.99. The predicted molar refractivity (Wildman–Crippen MR) is 116 cm³/mol. The van der Waals surface area contributed by atoms with Crippen LogP contribution in [0.5, 0.6) is 0 Å². The van der Waals surface area contributed by atoms with Crippen LogP contribution in [0.3, 0.4) is 0 Å². The lowest BCUT2D eigenvalue weighted by molar-refractivity contribution is -0.124. The van der Waals surface area contributed by atoms with E-state index in [0.717, 1.165) is 59.7 Å². The molecule has 2 aromatic heterocycles. The van der Waals surface area contributed by atoms with Crippen molar-refractivity contribution < 1.29 is 9.53 Å². The molecule has 0 radical (unpaired) electrons. The molecule has 1 atom stereocenters. The number of fused-ring (bicyclic) bond motifs is 3. The summed E-state index contributed by atoms with van der Waals surface area (Å²) >= 11 is 1.57. The molecule has 3 heterocycles. The van der Waals surface area contributed by atoms with Gasteiger partial charge >= 0.3 is 0 Å². The number of rotatable bonds is 6. The Hall–Kier alpha value is -2.29. The Morgan fingerprint density at radius 3 is 2.86 bits per heavy atom. The van der Waals surface area contributed by atoms with Crippen LogP contribution in [0.4, 0.5) is 0 Å². The molecule has 0 aliphatic carbocycles. The number of hydrogen-bond donors (Lipinski definition) is 1. The highest BCUT2D eigenvalue weighted by molar-refractivity contribution is 7.26. The van der Waals surface area contributed by atoms with E-state index in [0.29, 0.717) is 11.9 Å². The van der Waals surface area contributed by atoms with Gasteiger partial charge in [0.25, 0.3) is 5.56 Å². The summed E-state index contributed by atoms with van der Waals surface area (Å²) in [5.74, 6) is -0.181. The summed E-state index contributed by atoms with van der Waals surface area (Å²) < 4.78 is 8.63. The van der Waals surface area contributed by atoms with E-state index < -0.39 is 6.04 Å². The van der Waals surface area contributed by atoms with E-state index in [1.807, 2.05) is 31.2 Å². The highest BCUT2D eigenvalue weighted by Gasteiger charge is 2.21. The summed E-state index contributed by atoms with van der Waals surface area (Å²) in [5.41, 5.74) is 0.562. The van der Waals surface area contributed by atoms with E-state index in [1.54, 1.807) is 18.3 Å². The maximum Gasteiger partial charge on any atom is 0.276 e. The average molecular weight is 415 g/mol. The maximum atomic E-state index is 13.1. The van der Waals surface area contributed by atoms with Crippen molar-refractivity contribution in [2.75, 3.05) is 39.4 Å². The summed E-state index contributed by atoms with van der Waals surface area (Å²) in [6.07, 6.45) is 0.869. The van der Waals surface area contributed by atoms with Crippen molar-refractivity contribution in [1.82, 2.24) is 20.0 Å². The van der Waals surface area contributed by atoms with Crippen LogP contribution in [0.15, 0.2) is 29.1 Å². The van der Waals surface area contributed by atoms with Gasteiger partial charge in [0.05, 0.1) is 29.0 Å². The van der Waals surface area contributed by atoms with Gasteiger partial charge < -0.3 is 10.1 Å². The second kappa shape index (κ2) is 8.61. The second-order valence-corrected chi connectivity index (χ2v) is 8.46. The molecular formula is C21H26N4O3S. The number of amides is 1. The molecule has 0 saturated carbocycles. The normalized spacial score (nSPS) is 16.3. The number of aromatic nitrogens is 2. The van der Waals surface area contributed by atoms with Crippen LogP contribution in [-0.4, -0.2) is 60.0 Å². The van der Waals surface area contributed by atoms with Crippen molar-refractivity contribution in [1.29, 1.82) is 0 Å². The minimum atomic E-state index is -0.660. The van der Waals surface area contributed by atoms with Gasteiger partial charge in [0, 0.05) is 29.7 Å². The molecule has 0 unspecified atom stereocenters. The summed E-state index contributed by atoms with van der Waals surface area (Å²) in [4.78, 5) is 28.1. The molecule has 1 aliphatic rings. The van der Waals surface area contributed by atoms with Crippen LogP contribution < -0.4 is 10.9 Å². The third-order valence-corrected chi connectivity index (χ3v) is 6.68. The van der Waals surface area contributed by atoms with Gasteiger partial charge in [0.1, 0.15) is 6.04 Å². The third kappa shape index (κ3) is 4.05. The number of carbonyl (C=O) groups is 1. The largest absolute Gasteiger partial charge is 0.379 e. The first kappa shape index (κ1) is 20.0. The molecule has 0 bridgehead atoms. The van der Waals surface area contributed by atoms with E-state index in [-0.39, 0.29) is 11.5 Å². The fraction of sp³-hybridized carbons (Fsp3) is 0.476. The molecule has 1 aliphatic heterocycles. The molecule has 1 fully saturated rings. The van der Waals surface area contributed by atoms with Crippen LogP contribution in [0.25, 0.3) is 20.2 Å². The smallest absolute Gasteiger partial charge is 0.276 e. The molecule has 1 amide bonds. The molecule has 29 heavy (non-hydrogen) atoms. The van der Waals surface area contributed by atoms with Gasteiger partial charge in [-0.25, -0.2) is 4.68 Å². The van der Waals surface area contributed by atoms with E-state index >= 15 is 0 Å². The fourth-order valence-corrected chi connectivity index (χ4v) is 4.87. The van der Waals surface area contributed by atoms with Crippen molar-refractivity contribution in [3.8, 4) is 0 Å². The standard InChI is InChI=1S/C21H26N4O3S/c1-14-19-18(16-6-3-4-7-17(16)29-19)21(27)25(23-14)15(2)20(26)22-8-5-9-24-10-12-28-13-11-24/h3-4,6-7,15H,5,8-13H2,1-2H3,(H,22,26)/t15-/m1/s1. The van der Waals surface area contributed by atoms with Crippen LogP contribution in [0.2, 0.25) is 0 Å². The van der Waals surface area contributed by atoms with Crippen molar-refractivity contribution >= 4 is 37.4 Å². The van der Waals surface area contributed by atoms with Crippen molar-refractivity contribution in [3.05, 3.63) is 40.3 Å². The Morgan fingerprint density at radius 1 is 1.31 bits per heavy atom. The Morgan fingerprint density at radius 2 is 2.07 bits per heavy atom. The van der Waals surface area contributed by atoms with Crippen LogP contribution in [0.1, 0.15) is 25.1 Å². The molecule has 8 heteroatoms. The number of morpholine rings is 1. The number of benzene rings is 1. The lowest BCUT2D eigenvalue weighted by Gasteiger charge is -2.26. The molecule has 154 valence electrons. The molecular weight excluding hydrogens is 388 g/mol. The second-order valence-electron chi connectivity index (χ2n) is 7.41. The number of carbonyl (C=O) groups excluding carboxylic acids is 1. The van der Waals surface area contributed by atoms with Gasteiger partial charge in [-0.05, 0) is 32.9 Å². The SMILES string of the molecule is Cc1nn([C@H](C)C(=O)NCCCN2CCOCC2)c(=O)c2c1sc1ccccc12. The number of thiophene rings is 1.